The van der Waals surface area contributed by atoms with E-state index in [0.717, 1.165) is 25.9 Å². The first-order valence-corrected chi connectivity index (χ1v) is 8.53. The van der Waals surface area contributed by atoms with E-state index >= 15 is 0 Å². The zero-order valence-corrected chi connectivity index (χ0v) is 12.7. The first-order chi connectivity index (χ1) is 8.96. The lowest BCUT2D eigenvalue weighted by molar-refractivity contribution is 0.404. The van der Waals surface area contributed by atoms with Gasteiger partial charge in [-0.15, -0.1) is 0 Å². The zero-order valence-electron chi connectivity index (χ0n) is 10.3. The molecule has 0 aromatic heterocycles. The summed E-state index contributed by atoms with van der Waals surface area (Å²) in [6, 6.07) is 4.69. The number of hydrogen-bond acceptors (Lipinski definition) is 3. The lowest BCUT2D eigenvalue weighted by atomic mass is 10.0. The van der Waals surface area contributed by atoms with Crippen LogP contribution in [-0.4, -0.2) is 27.3 Å². The molecule has 0 bridgehead atoms. The number of piperidine rings is 1. The van der Waals surface area contributed by atoms with Gasteiger partial charge in [0.1, 0.15) is 0 Å². The van der Waals surface area contributed by atoms with Gasteiger partial charge in [-0.25, -0.2) is 8.42 Å². The van der Waals surface area contributed by atoms with Crippen molar-refractivity contribution in [1.82, 2.24) is 5.32 Å². The third-order valence-corrected chi connectivity index (χ3v) is 5.24. The molecule has 106 valence electrons. The topological polar surface area (TPSA) is 58.2 Å². The van der Waals surface area contributed by atoms with Crippen molar-refractivity contribution in [3.05, 3.63) is 28.2 Å². The van der Waals surface area contributed by atoms with Crippen molar-refractivity contribution in [2.24, 2.45) is 5.92 Å². The maximum Gasteiger partial charge on any atom is 0.233 e. The van der Waals surface area contributed by atoms with E-state index in [-0.39, 0.29) is 11.7 Å². The molecule has 0 saturated carbocycles. The van der Waals surface area contributed by atoms with Crippen LogP contribution in [0.4, 0.5) is 5.69 Å². The minimum atomic E-state index is -3.36. The Morgan fingerprint density at radius 1 is 1.32 bits per heavy atom. The maximum atomic E-state index is 12.0. The van der Waals surface area contributed by atoms with Crippen LogP contribution in [0.3, 0.4) is 0 Å². The number of nitrogens with one attached hydrogen (secondary N) is 2. The third-order valence-electron chi connectivity index (χ3n) is 3.05. The second-order valence-corrected chi connectivity index (χ2v) is 7.31. The molecule has 1 saturated heterocycles. The van der Waals surface area contributed by atoms with E-state index < -0.39 is 10.0 Å². The van der Waals surface area contributed by atoms with Gasteiger partial charge in [-0.05, 0) is 50.0 Å². The van der Waals surface area contributed by atoms with Gasteiger partial charge < -0.3 is 5.32 Å². The van der Waals surface area contributed by atoms with Gasteiger partial charge in [-0.3, -0.25) is 4.72 Å². The van der Waals surface area contributed by atoms with E-state index in [1.807, 2.05) is 0 Å². The number of hydrogen-bond donors (Lipinski definition) is 2. The summed E-state index contributed by atoms with van der Waals surface area (Å²) in [4.78, 5) is 0. The van der Waals surface area contributed by atoms with Gasteiger partial charge in [0, 0.05) is 0 Å². The van der Waals surface area contributed by atoms with Gasteiger partial charge in [0.2, 0.25) is 10.0 Å². The normalized spacial score (nSPS) is 20.2. The smallest absolute Gasteiger partial charge is 0.233 e. The summed E-state index contributed by atoms with van der Waals surface area (Å²) in [5.74, 6) is 0.286. The van der Waals surface area contributed by atoms with Gasteiger partial charge in [0.25, 0.3) is 0 Å². The molecule has 0 radical (unpaired) electrons. The SMILES string of the molecule is O=S(=O)(CC1CCCNC1)Nc1ccc(Cl)c(Cl)c1. The van der Waals surface area contributed by atoms with Crippen molar-refractivity contribution in [3.8, 4) is 0 Å². The van der Waals surface area contributed by atoms with Crippen LogP contribution in [0.25, 0.3) is 0 Å². The van der Waals surface area contributed by atoms with E-state index in [1.54, 1.807) is 12.1 Å². The molecule has 1 aliphatic rings. The molecule has 4 nitrogen and oxygen atoms in total. The number of halogens is 2. The largest absolute Gasteiger partial charge is 0.316 e. The molecule has 2 rings (SSSR count). The van der Waals surface area contributed by atoms with Crippen LogP contribution in [0.5, 0.6) is 0 Å². The molecule has 1 atom stereocenters. The Balaban J connectivity index is 2.01. The summed E-state index contributed by atoms with van der Waals surface area (Å²) in [6.07, 6.45) is 1.96. The van der Waals surface area contributed by atoms with Gasteiger partial charge in [0.15, 0.2) is 0 Å². The molecule has 19 heavy (non-hydrogen) atoms. The molecular weight excluding hydrogens is 307 g/mol. The Morgan fingerprint density at radius 3 is 2.74 bits per heavy atom. The minimum absolute atomic E-state index is 0.125. The second-order valence-electron chi connectivity index (χ2n) is 4.72. The van der Waals surface area contributed by atoms with Crippen molar-refractivity contribution in [2.75, 3.05) is 23.6 Å². The monoisotopic (exact) mass is 322 g/mol. The van der Waals surface area contributed by atoms with Crippen LogP contribution in [0, 0.1) is 5.92 Å². The van der Waals surface area contributed by atoms with Crippen LogP contribution in [0.2, 0.25) is 10.0 Å². The molecule has 1 unspecified atom stereocenters. The highest BCUT2D eigenvalue weighted by Crippen LogP contribution is 2.26. The fraction of sp³-hybridized carbons (Fsp3) is 0.500. The molecule has 7 heteroatoms. The molecule has 0 aliphatic carbocycles. The lowest BCUT2D eigenvalue weighted by Crippen LogP contribution is -2.35. The van der Waals surface area contributed by atoms with Gasteiger partial charge in [-0.2, -0.15) is 0 Å². The first kappa shape index (κ1) is 14.9. The predicted molar refractivity (Wildman–Crippen MR) is 79.5 cm³/mol. The fourth-order valence-corrected chi connectivity index (χ4v) is 3.93. The Hall–Kier alpha value is -0.490. The van der Waals surface area contributed by atoms with Crippen molar-refractivity contribution in [2.45, 2.75) is 12.8 Å². The van der Waals surface area contributed by atoms with Crippen LogP contribution in [0.15, 0.2) is 18.2 Å². The van der Waals surface area contributed by atoms with E-state index in [4.69, 9.17) is 23.2 Å². The summed E-state index contributed by atoms with van der Waals surface area (Å²) in [5.41, 5.74) is 0.443. The number of rotatable bonds is 4. The Labute approximate surface area is 123 Å². The quantitative estimate of drug-likeness (QED) is 0.896. The van der Waals surface area contributed by atoms with Crippen molar-refractivity contribution in [3.63, 3.8) is 0 Å². The van der Waals surface area contributed by atoms with Crippen LogP contribution < -0.4 is 10.0 Å². The molecule has 1 aliphatic heterocycles. The van der Waals surface area contributed by atoms with E-state index in [2.05, 4.69) is 10.0 Å². The highest BCUT2D eigenvalue weighted by molar-refractivity contribution is 7.92. The number of sulfonamides is 1. The average Bonchev–Trinajstić information content (AvgIpc) is 2.34. The molecule has 1 aromatic rings. The summed E-state index contributed by atoms with van der Waals surface area (Å²) >= 11 is 11.6. The number of anilines is 1. The summed E-state index contributed by atoms with van der Waals surface area (Å²) in [6.45, 7) is 1.72. The molecule has 0 spiro atoms. The van der Waals surface area contributed by atoms with Crippen LogP contribution in [-0.2, 0) is 10.0 Å². The van der Waals surface area contributed by atoms with Gasteiger partial charge in [0.05, 0.1) is 21.5 Å². The van der Waals surface area contributed by atoms with Crippen molar-refractivity contribution < 1.29 is 8.42 Å². The lowest BCUT2D eigenvalue weighted by Gasteiger charge is -2.22. The molecule has 1 aromatic carbocycles. The molecule has 1 heterocycles. The van der Waals surface area contributed by atoms with E-state index in [0.29, 0.717) is 15.7 Å². The second kappa shape index (κ2) is 6.31. The molecule has 2 N–H and O–H groups in total. The molecular formula is C12H16Cl2N2O2S. The summed E-state index contributed by atoms with van der Waals surface area (Å²) in [5, 5.41) is 3.95. The fourth-order valence-electron chi connectivity index (χ4n) is 2.16. The van der Waals surface area contributed by atoms with Gasteiger partial charge in [-0.1, -0.05) is 23.2 Å². The Kier molecular flexibility index (Phi) is 4.95. The van der Waals surface area contributed by atoms with Crippen molar-refractivity contribution in [1.29, 1.82) is 0 Å². The highest BCUT2D eigenvalue weighted by atomic mass is 35.5. The maximum absolute atomic E-state index is 12.0. The highest BCUT2D eigenvalue weighted by Gasteiger charge is 2.21. The predicted octanol–water partition coefficient (Wildman–Crippen LogP) is 2.73. The zero-order chi connectivity index (χ0) is 13.9. The van der Waals surface area contributed by atoms with Crippen LogP contribution in [0.1, 0.15) is 12.8 Å². The Bertz CT molecular complexity index is 543. The number of benzene rings is 1. The third kappa shape index (κ3) is 4.53. The van der Waals surface area contributed by atoms with E-state index in [9.17, 15) is 8.42 Å². The standard InChI is InChI=1S/C12H16Cl2N2O2S/c13-11-4-3-10(6-12(11)14)16-19(17,18)8-9-2-1-5-15-7-9/h3-4,6,9,15-16H,1-2,5,7-8H2. The average molecular weight is 323 g/mol. The molecule has 0 amide bonds. The van der Waals surface area contributed by atoms with Gasteiger partial charge >= 0.3 is 0 Å². The van der Waals surface area contributed by atoms with E-state index in [1.165, 1.54) is 6.07 Å². The van der Waals surface area contributed by atoms with Crippen LogP contribution >= 0.6 is 23.2 Å². The summed E-state index contributed by atoms with van der Waals surface area (Å²) in [7, 11) is -3.36. The summed E-state index contributed by atoms with van der Waals surface area (Å²) < 4.78 is 26.6. The first-order valence-electron chi connectivity index (χ1n) is 6.12. The van der Waals surface area contributed by atoms with Crippen molar-refractivity contribution >= 4 is 38.9 Å². The Morgan fingerprint density at radius 2 is 2.11 bits per heavy atom. The minimum Gasteiger partial charge on any atom is -0.316 e. The molecule has 1 fully saturated rings.